The Kier molecular flexibility index (Phi) is 5.53. The number of alkyl halides is 3. The Balaban J connectivity index is 2.26. The molecule has 1 fully saturated rings. The second kappa shape index (κ2) is 7.17. The molecule has 2 unspecified atom stereocenters. The van der Waals surface area contributed by atoms with Gasteiger partial charge in [0, 0.05) is 6.54 Å². The van der Waals surface area contributed by atoms with Crippen LogP contribution in [0.15, 0.2) is 24.3 Å². The molecule has 1 heterocycles. The molecule has 0 bridgehead atoms. The van der Waals surface area contributed by atoms with Gasteiger partial charge < -0.3 is 9.84 Å². The van der Waals surface area contributed by atoms with E-state index in [0.29, 0.717) is 0 Å². The van der Waals surface area contributed by atoms with Crippen LogP contribution in [0.5, 0.6) is 0 Å². The summed E-state index contributed by atoms with van der Waals surface area (Å²) < 4.78 is 45.0. The van der Waals surface area contributed by atoms with Gasteiger partial charge in [0.1, 0.15) is 11.6 Å². The summed E-state index contributed by atoms with van der Waals surface area (Å²) in [5.74, 6) is -1.86. The van der Waals surface area contributed by atoms with E-state index in [0.717, 1.165) is 11.0 Å². The fraction of sp³-hybridized carbons (Fsp3) is 0.556. The average molecular weight is 373 g/mol. The number of carbonyl (C=O) groups excluding carboxylic acids is 1. The molecule has 1 aromatic carbocycles. The number of hydrogen-bond acceptors (Lipinski definition) is 3. The Hall–Kier alpha value is -2.25. The highest BCUT2D eigenvalue weighted by atomic mass is 19.4. The third-order valence-corrected chi connectivity index (χ3v) is 4.22. The van der Waals surface area contributed by atoms with Gasteiger partial charge in [0.15, 0.2) is 0 Å². The van der Waals surface area contributed by atoms with Gasteiger partial charge >= 0.3 is 18.2 Å². The number of amides is 1. The molecule has 1 saturated heterocycles. The summed E-state index contributed by atoms with van der Waals surface area (Å²) in [6, 6.07) is 3.93. The van der Waals surface area contributed by atoms with Crippen LogP contribution in [0.1, 0.15) is 50.7 Å². The lowest BCUT2D eigenvalue weighted by Crippen LogP contribution is -2.51. The van der Waals surface area contributed by atoms with Gasteiger partial charge in [0.25, 0.3) is 0 Å². The minimum Gasteiger partial charge on any atom is -0.480 e. The first-order valence-electron chi connectivity index (χ1n) is 8.28. The van der Waals surface area contributed by atoms with Crippen molar-refractivity contribution in [1.29, 1.82) is 0 Å². The largest absolute Gasteiger partial charge is 0.480 e. The van der Waals surface area contributed by atoms with Gasteiger partial charge in [-0.15, -0.1) is 0 Å². The van der Waals surface area contributed by atoms with E-state index in [1.165, 1.54) is 18.2 Å². The summed E-state index contributed by atoms with van der Waals surface area (Å²) >= 11 is 0. The van der Waals surface area contributed by atoms with Crippen LogP contribution in [0.3, 0.4) is 0 Å². The van der Waals surface area contributed by atoms with Crippen LogP contribution in [0.4, 0.5) is 18.0 Å². The molecule has 1 N–H and O–H groups in total. The molecule has 1 amide bonds. The van der Waals surface area contributed by atoms with Crippen molar-refractivity contribution in [3.8, 4) is 0 Å². The summed E-state index contributed by atoms with van der Waals surface area (Å²) in [7, 11) is 0. The molecule has 0 spiro atoms. The van der Waals surface area contributed by atoms with Crippen LogP contribution in [-0.2, 0) is 15.7 Å². The number of carboxylic acids is 1. The van der Waals surface area contributed by atoms with Crippen LogP contribution in [0.25, 0.3) is 0 Å². The molecule has 5 nitrogen and oxygen atoms in total. The van der Waals surface area contributed by atoms with Crippen molar-refractivity contribution in [1.82, 2.24) is 4.90 Å². The molecule has 0 aromatic heterocycles. The topological polar surface area (TPSA) is 66.8 Å². The summed E-state index contributed by atoms with van der Waals surface area (Å²) in [5, 5.41) is 9.48. The van der Waals surface area contributed by atoms with E-state index in [-0.39, 0.29) is 24.9 Å². The lowest BCUT2D eigenvalue weighted by atomic mass is 9.83. The van der Waals surface area contributed by atoms with Gasteiger partial charge in [-0.05, 0) is 51.2 Å². The molecule has 0 radical (unpaired) electrons. The first-order chi connectivity index (χ1) is 11.9. The number of carboxylic acid groups (broad SMARTS) is 1. The molecular weight excluding hydrogens is 351 g/mol. The fourth-order valence-electron chi connectivity index (χ4n) is 3.13. The van der Waals surface area contributed by atoms with E-state index in [1.54, 1.807) is 20.8 Å². The SMILES string of the molecule is CC(C)(C)OC(=O)N1CCC(c2ccccc2C(F)(F)F)CC1C(=O)O. The van der Waals surface area contributed by atoms with Crippen molar-refractivity contribution in [2.75, 3.05) is 6.54 Å². The van der Waals surface area contributed by atoms with Gasteiger partial charge in [0.05, 0.1) is 5.56 Å². The highest BCUT2D eigenvalue weighted by molar-refractivity contribution is 5.80. The van der Waals surface area contributed by atoms with Gasteiger partial charge in [-0.2, -0.15) is 13.2 Å². The van der Waals surface area contributed by atoms with Crippen molar-refractivity contribution >= 4 is 12.1 Å². The number of aliphatic carboxylic acids is 1. The first kappa shape index (κ1) is 20.1. The summed E-state index contributed by atoms with van der Waals surface area (Å²) in [6.45, 7) is 5.00. The number of nitrogens with zero attached hydrogens (tertiary/aromatic N) is 1. The van der Waals surface area contributed by atoms with Crippen molar-refractivity contribution < 1.29 is 32.6 Å². The van der Waals surface area contributed by atoms with Crippen LogP contribution >= 0.6 is 0 Å². The summed E-state index contributed by atoms with van der Waals surface area (Å²) in [5.41, 5.74) is -1.49. The van der Waals surface area contributed by atoms with Crippen molar-refractivity contribution in [3.05, 3.63) is 35.4 Å². The number of ether oxygens (including phenoxy) is 1. The highest BCUT2D eigenvalue weighted by Crippen LogP contribution is 2.40. The molecular formula is C18H22F3NO4. The normalized spacial score (nSPS) is 21.4. The number of piperidine rings is 1. The minimum absolute atomic E-state index is 0.0166. The van der Waals surface area contributed by atoms with Gasteiger partial charge in [-0.25, -0.2) is 9.59 Å². The third-order valence-electron chi connectivity index (χ3n) is 4.22. The molecule has 0 saturated carbocycles. The quantitative estimate of drug-likeness (QED) is 0.841. The fourth-order valence-corrected chi connectivity index (χ4v) is 3.13. The van der Waals surface area contributed by atoms with E-state index in [4.69, 9.17) is 4.74 Å². The van der Waals surface area contributed by atoms with Crippen molar-refractivity contribution in [2.24, 2.45) is 0 Å². The predicted molar refractivity (Wildman–Crippen MR) is 87.8 cm³/mol. The van der Waals surface area contributed by atoms with Gasteiger partial charge in [-0.1, -0.05) is 18.2 Å². The predicted octanol–water partition coefficient (Wildman–Crippen LogP) is 4.27. The van der Waals surface area contributed by atoms with E-state index in [2.05, 4.69) is 0 Å². The van der Waals surface area contributed by atoms with E-state index >= 15 is 0 Å². The van der Waals surface area contributed by atoms with Crippen LogP contribution in [-0.4, -0.2) is 40.3 Å². The molecule has 144 valence electrons. The smallest absolute Gasteiger partial charge is 0.416 e. The monoisotopic (exact) mass is 373 g/mol. The minimum atomic E-state index is -4.52. The summed E-state index contributed by atoms with van der Waals surface area (Å²) in [4.78, 5) is 25.0. The molecule has 8 heteroatoms. The average Bonchev–Trinajstić information content (AvgIpc) is 2.51. The molecule has 2 rings (SSSR count). The Morgan fingerprint density at radius 2 is 1.81 bits per heavy atom. The Bertz CT molecular complexity index is 682. The number of halogens is 3. The first-order valence-corrected chi connectivity index (χ1v) is 8.28. The molecule has 26 heavy (non-hydrogen) atoms. The number of benzene rings is 1. The zero-order valence-electron chi connectivity index (χ0n) is 14.8. The van der Waals surface area contributed by atoms with Crippen LogP contribution < -0.4 is 0 Å². The molecule has 1 aromatic rings. The third kappa shape index (κ3) is 4.68. The van der Waals surface area contributed by atoms with E-state index in [1.807, 2.05) is 0 Å². The van der Waals surface area contributed by atoms with Crippen LogP contribution in [0.2, 0.25) is 0 Å². The number of rotatable bonds is 2. The molecule has 0 aliphatic carbocycles. The maximum absolute atomic E-state index is 13.2. The lowest BCUT2D eigenvalue weighted by molar-refractivity contribution is -0.144. The maximum Gasteiger partial charge on any atom is 0.416 e. The van der Waals surface area contributed by atoms with Crippen molar-refractivity contribution in [3.63, 3.8) is 0 Å². The van der Waals surface area contributed by atoms with Gasteiger partial charge in [0.2, 0.25) is 0 Å². The zero-order valence-corrected chi connectivity index (χ0v) is 14.8. The second-order valence-corrected chi connectivity index (χ2v) is 7.33. The number of likely N-dealkylation sites (tertiary alicyclic amines) is 1. The molecule has 1 aliphatic heterocycles. The van der Waals surface area contributed by atoms with E-state index < -0.39 is 41.4 Å². The maximum atomic E-state index is 13.2. The highest BCUT2D eigenvalue weighted by Gasteiger charge is 2.41. The van der Waals surface area contributed by atoms with Crippen molar-refractivity contribution in [2.45, 2.75) is 57.3 Å². The number of hydrogen-bond donors (Lipinski definition) is 1. The molecule has 2 atom stereocenters. The Morgan fingerprint density at radius 3 is 2.35 bits per heavy atom. The lowest BCUT2D eigenvalue weighted by Gasteiger charge is -2.38. The Labute approximate surface area is 149 Å². The van der Waals surface area contributed by atoms with E-state index in [9.17, 15) is 27.9 Å². The van der Waals surface area contributed by atoms with Crippen LogP contribution in [0, 0.1) is 0 Å². The summed E-state index contributed by atoms with van der Waals surface area (Å²) in [6.07, 6.45) is -5.15. The Morgan fingerprint density at radius 1 is 1.19 bits per heavy atom. The standard InChI is InChI=1S/C18H22F3NO4/c1-17(2,3)26-16(25)22-9-8-11(10-14(22)15(23)24)12-6-4-5-7-13(12)18(19,20)21/h4-7,11,14H,8-10H2,1-3H3,(H,23,24). The second-order valence-electron chi connectivity index (χ2n) is 7.33. The van der Waals surface area contributed by atoms with Gasteiger partial charge in [-0.3, -0.25) is 4.90 Å². The zero-order chi connectivity index (χ0) is 19.7. The molecule has 1 aliphatic rings. The number of carbonyl (C=O) groups is 2.